The maximum atomic E-state index is 12.0. The summed E-state index contributed by atoms with van der Waals surface area (Å²) in [6.45, 7) is 9.17. The molecule has 1 aliphatic heterocycles. The molecule has 0 aromatic heterocycles. The fourth-order valence-electron chi connectivity index (χ4n) is 3.04. The summed E-state index contributed by atoms with van der Waals surface area (Å²) in [5.41, 5.74) is 0.827. The Morgan fingerprint density at radius 2 is 1.85 bits per heavy atom. The van der Waals surface area contributed by atoms with Crippen molar-refractivity contribution in [3.05, 3.63) is 34.4 Å². The van der Waals surface area contributed by atoms with Crippen molar-refractivity contribution in [3.63, 3.8) is 0 Å². The van der Waals surface area contributed by atoms with Gasteiger partial charge < -0.3 is 20.7 Å². The molecule has 0 spiro atoms. The van der Waals surface area contributed by atoms with E-state index in [0.717, 1.165) is 32.0 Å². The molecule has 0 unspecified atom stereocenters. The quantitative estimate of drug-likeness (QED) is 0.342. The van der Waals surface area contributed by atoms with Gasteiger partial charge in [0.05, 0.1) is 18.1 Å². The fourth-order valence-corrected chi connectivity index (χ4v) is 3.04. The van der Waals surface area contributed by atoms with Gasteiger partial charge in [-0.2, -0.15) is 0 Å². The van der Waals surface area contributed by atoms with Crippen LogP contribution < -0.4 is 16.0 Å². The molecule has 2 amide bonds. The predicted octanol–water partition coefficient (Wildman–Crippen LogP) is 1.66. The van der Waals surface area contributed by atoms with Gasteiger partial charge in [0, 0.05) is 56.6 Å². The first-order valence-corrected chi connectivity index (χ1v) is 9.29. The van der Waals surface area contributed by atoms with Crippen molar-refractivity contribution < 1.29 is 14.5 Å². The Morgan fingerprint density at radius 3 is 2.44 bits per heavy atom. The lowest BCUT2D eigenvalue weighted by Crippen LogP contribution is -2.52. The summed E-state index contributed by atoms with van der Waals surface area (Å²) < 4.78 is 5.39. The van der Waals surface area contributed by atoms with Crippen LogP contribution in [-0.4, -0.2) is 67.8 Å². The average molecular weight is 379 g/mol. The molecule has 1 heterocycles. The number of hydrogen-bond acceptors (Lipinski definition) is 6. The first-order chi connectivity index (χ1) is 13.0. The summed E-state index contributed by atoms with van der Waals surface area (Å²) in [6.07, 6.45) is 0. The molecule has 0 saturated carbocycles. The number of amides is 2. The van der Waals surface area contributed by atoms with Crippen molar-refractivity contribution in [1.82, 2.24) is 15.5 Å². The van der Waals surface area contributed by atoms with Gasteiger partial charge in [0.25, 0.3) is 5.69 Å². The highest BCUT2D eigenvalue weighted by Crippen LogP contribution is 2.15. The largest absolute Gasteiger partial charge is 0.383 e. The third-order valence-electron chi connectivity index (χ3n) is 4.57. The van der Waals surface area contributed by atoms with Gasteiger partial charge in [-0.15, -0.1) is 0 Å². The van der Waals surface area contributed by atoms with Gasteiger partial charge in [0.1, 0.15) is 0 Å². The summed E-state index contributed by atoms with van der Waals surface area (Å²) in [5, 5.41) is 19.5. The average Bonchev–Trinajstić information content (AvgIpc) is 2.66. The zero-order valence-electron chi connectivity index (χ0n) is 15.9. The van der Waals surface area contributed by atoms with Crippen LogP contribution in [0.4, 0.5) is 16.2 Å². The van der Waals surface area contributed by atoms with Crippen LogP contribution in [0.5, 0.6) is 0 Å². The van der Waals surface area contributed by atoms with Gasteiger partial charge in [0.15, 0.2) is 0 Å². The maximum Gasteiger partial charge on any atom is 0.314 e. The van der Waals surface area contributed by atoms with Crippen molar-refractivity contribution in [2.45, 2.75) is 19.9 Å². The van der Waals surface area contributed by atoms with E-state index in [9.17, 15) is 14.9 Å². The number of nitrogens with one attached hydrogen (secondary N) is 3. The maximum absolute atomic E-state index is 12.0. The van der Waals surface area contributed by atoms with Crippen LogP contribution in [0.15, 0.2) is 24.3 Å². The highest BCUT2D eigenvalue weighted by atomic mass is 16.6. The van der Waals surface area contributed by atoms with Crippen LogP contribution in [0.1, 0.15) is 13.8 Å². The lowest BCUT2D eigenvalue weighted by molar-refractivity contribution is -0.384. The number of anilines is 1. The molecule has 0 bridgehead atoms. The molecule has 9 heteroatoms. The van der Waals surface area contributed by atoms with E-state index in [-0.39, 0.29) is 17.8 Å². The molecule has 1 aromatic rings. The molecule has 1 atom stereocenters. The van der Waals surface area contributed by atoms with Crippen LogP contribution in [0.2, 0.25) is 0 Å². The normalized spacial score (nSPS) is 16.0. The van der Waals surface area contributed by atoms with Crippen molar-refractivity contribution in [1.29, 1.82) is 0 Å². The van der Waals surface area contributed by atoms with Crippen LogP contribution >= 0.6 is 0 Å². The molecule has 0 aliphatic carbocycles. The van der Waals surface area contributed by atoms with Crippen molar-refractivity contribution in [3.8, 4) is 0 Å². The lowest BCUT2D eigenvalue weighted by atomic mass is 10.0. The first-order valence-electron chi connectivity index (χ1n) is 9.29. The summed E-state index contributed by atoms with van der Waals surface area (Å²) in [7, 11) is 0. The van der Waals surface area contributed by atoms with Crippen molar-refractivity contribution in [2.24, 2.45) is 5.92 Å². The standard InChI is InChI=1S/C18H29N5O4/c1-14(2)17(22-9-11-27-12-10-22)13-21-18(24)20-8-7-19-15-3-5-16(6-4-15)23(25)26/h3-6,14,17,19H,7-13H2,1-2H3,(H2,20,21,24)/t17-/m0/s1. The number of urea groups is 1. The third-order valence-corrected chi connectivity index (χ3v) is 4.57. The number of morpholine rings is 1. The van der Waals surface area contributed by atoms with Gasteiger partial charge in [0.2, 0.25) is 0 Å². The number of non-ortho nitro benzene ring substituents is 1. The van der Waals surface area contributed by atoms with E-state index in [1.165, 1.54) is 12.1 Å². The highest BCUT2D eigenvalue weighted by molar-refractivity contribution is 5.73. The lowest BCUT2D eigenvalue weighted by Gasteiger charge is -2.36. The Balaban J connectivity index is 1.65. The molecular formula is C18H29N5O4. The highest BCUT2D eigenvalue weighted by Gasteiger charge is 2.24. The molecule has 1 saturated heterocycles. The Bertz CT molecular complexity index is 602. The summed E-state index contributed by atoms with van der Waals surface area (Å²) in [4.78, 5) is 24.6. The van der Waals surface area contributed by atoms with Crippen molar-refractivity contribution >= 4 is 17.4 Å². The van der Waals surface area contributed by atoms with Gasteiger partial charge in [-0.3, -0.25) is 15.0 Å². The first kappa shape index (κ1) is 20.9. The molecule has 9 nitrogen and oxygen atoms in total. The Kier molecular flexibility index (Phi) is 8.28. The van der Waals surface area contributed by atoms with Crippen molar-refractivity contribution in [2.75, 3.05) is 51.3 Å². The van der Waals surface area contributed by atoms with Gasteiger partial charge in [-0.1, -0.05) is 13.8 Å². The smallest absolute Gasteiger partial charge is 0.314 e. The van der Waals surface area contributed by atoms with Crippen LogP contribution in [-0.2, 0) is 4.74 Å². The molecule has 3 N–H and O–H groups in total. The summed E-state index contributed by atoms with van der Waals surface area (Å²) in [5.74, 6) is 0.437. The number of ether oxygens (including phenoxy) is 1. The number of benzene rings is 1. The minimum Gasteiger partial charge on any atom is -0.383 e. The van der Waals surface area contributed by atoms with E-state index in [1.807, 2.05) is 0 Å². The number of nitro groups is 1. The number of carbonyl (C=O) groups is 1. The molecular weight excluding hydrogens is 350 g/mol. The number of nitrogens with zero attached hydrogens (tertiary/aromatic N) is 2. The molecule has 150 valence electrons. The minimum atomic E-state index is -0.434. The second-order valence-electron chi connectivity index (χ2n) is 6.83. The molecule has 1 fully saturated rings. The Labute approximate surface area is 159 Å². The molecule has 2 rings (SSSR count). The Morgan fingerprint density at radius 1 is 1.19 bits per heavy atom. The zero-order chi connectivity index (χ0) is 19.6. The van der Waals surface area contributed by atoms with Crippen LogP contribution in [0.3, 0.4) is 0 Å². The number of hydrogen-bond donors (Lipinski definition) is 3. The summed E-state index contributed by atoms with van der Waals surface area (Å²) in [6, 6.07) is 6.28. The van der Waals surface area contributed by atoms with E-state index >= 15 is 0 Å². The van der Waals surface area contributed by atoms with E-state index in [1.54, 1.807) is 12.1 Å². The second kappa shape index (κ2) is 10.7. The molecule has 27 heavy (non-hydrogen) atoms. The molecule has 0 radical (unpaired) electrons. The predicted molar refractivity (Wildman–Crippen MR) is 104 cm³/mol. The Hall–Kier alpha value is -2.39. The number of nitro benzene ring substituents is 1. The monoisotopic (exact) mass is 379 g/mol. The molecule has 1 aromatic carbocycles. The minimum absolute atomic E-state index is 0.0537. The fraction of sp³-hybridized carbons (Fsp3) is 0.611. The van der Waals surface area contributed by atoms with Gasteiger partial charge in [-0.25, -0.2) is 4.79 Å². The van der Waals surface area contributed by atoms with Crippen LogP contribution in [0.25, 0.3) is 0 Å². The van der Waals surface area contributed by atoms with E-state index in [4.69, 9.17) is 4.74 Å². The van der Waals surface area contributed by atoms with E-state index < -0.39 is 4.92 Å². The second-order valence-corrected chi connectivity index (χ2v) is 6.83. The van der Waals surface area contributed by atoms with Gasteiger partial charge in [-0.05, 0) is 18.1 Å². The number of rotatable bonds is 9. The SMILES string of the molecule is CC(C)[C@H](CNC(=O)NCCNc1ccc([N+](=O)[O-])cc1)N1CCOCC1. The number of carbonyl (C=O) groups excluding carboxylic acids is 1. The molecule has 1 aliphatic rings. The summed E-state index contributed by atoms with van der Waals surface area (Å²) >= 11 is 0. The topological polar surface area (TPSA) is 109 Å². The van der Waals surface area contributed by atoms with Crippen LogP contribution in [0, 0.1) is 16.0 Å². The third kappa shape index (κ3) is 7.03. The van der Waals surface area contributed by atoms with E-state index in [0.29, 0.717) is 25.6 Å². The zero-order valence-corrected chi connectivity index (χ0v) is 15.9. The van der Waals surface area contributed by atoms with E-state index in [2.05, 4.69) is 34.7 Å². The van der Waals surface area contributed by atoms with Gasteiger partial charge >= 0.3 is 6.03 Å².